The summed E-state index contributed by atoms with van der Waals surface area (Å²) in [4.78, 5) is 22.1. The number of amides is 1. The molecule has 30 heavy (non-hydrogen) atoms. The molecule has 0 spiro atoms. The van der Waals surface area contributed by atoms with Crippen molar-refractivity contribution in [1.82, 2.24) is 14.4 Å². The maximum atomic E-state index is 12.1. The molecule has 5 nitrogen and oxygen atoms in total. The minimum absolute atomic E-state index is 0.449. The molecule has 0 saturated heterocycles. The summed E-state index contributed by atoms with van der Waals surface area (Å²) in [5.41, 5.74) is 11.9. The Morgan fingerprint density at radius 3 is 2.20 bits per heavy atom. The number of aryl methyl sites for hydroxylation is 1. The van der Waals surface area contributed by atoms with Crippen LogP contribution in [0.25, 0.3) is 38.7 Å². The summed E-state index contributed by atoms with van der Waals surface area (Å²) < 4.78 is 2.04. The summed E-state index contributed by atoms with van der Waals surface area (Å²) in [5.74, 6) is -0.478. The van der Waals surface area contributed by atoms with Crippen LogP contribution in [0.2, 0.25) is 0 Å². The number of rotatable bonds is 4. The van der Waals surface area contributed by atoms with E-state index in [1.807, 2.05) is 65.9 Å². The van der Waals surface area contributed by atoms with Gasteiger partial charge in [-0.1, -0.05) is 60.7 Å². The lowest BCUT2D eigenvalue weighted by Crippen LogP contribution is -2.10. The third-order valence-electron chi connectivity index (χ3n) is 5.00. The van der Waals surface area contributed by atoms with Gasteiger partial charge in [-0.2, -0.15) is 0 Å². The van der Waals surface area contributed by atoms with Gasteiger partial charge in [0.05, 0.1) is 11.4 Å². The highest BCUT2D eigenvalue weighted by molar-refractivity contribution is 7.17. The first-order valence-electron chi connectivity index (χ1n) is 9.52. The Kier molecular flexibility index (Phi) is 4.41. The number of carbonyl (C=O) groups is 1. The number of pyridine rings is 1. The summed E-state index contributed by atoms with van der Waals surface area (Å²) in [6.07, 6.45) is 2.06. The summed E-state index contributed by atoms with van der Waals surface area (Å²) >= 11 is 1.30. The number of fused-ring (bicyclic) bond motifs is 1. The van der Waals surface area contributed by atoms with Gasteiger partial charge in [-0.25, -0.2) is 9.97 Å². The first-order chi connectivity index (χ1) is 14.6. The van der Waals surface area contributed by atoms with Gasteiger partial charge in [0.25, 0.3) is 5.91 Å². The van der Waals surface area contributed by atoms with Crippen molar-refractivity contribution in [3.63, 3.8) is 0 Å². The summed E-state index contributed by atoms with van der Waals surface area (Å²) in [5, 5.41) is 0.720. The first-order valence-corrected chi connectivity index (χ1v) is 10.3. The summed E-state index contributed by atoms with van der Waals surface area (Å²) in [6, 6.07) is 23.9. The zero-order valence-electron chi connectivity index (χ0n) is 16.2. The van der Waals surface area contributed by atoms with Crippen LogP contribution in [0.4, 0.5) is 0 Å². The van der Waals surface area contributed by atoms with Gasteiger partial charge < -0.3 is 5.73 Å². The van der Waals surface area contributed by atoms with E-state index in [4.69, 9.17) is 15.7 Å². The number of nitrogens with two attached hydrogens (primary N) is 1. The number of benzene rings is 2. The fraction of sp³-hybridized carbons (Fsp3) is 0.0417. The molecule has 0 radical (unpaired) electrons. The Bertz CT molecular complexity index is 1370. The van der Waals surface area contributed by atoms with Crippen LogP contribution < -0.4 is 5.73 Å². The zero-order chi connectivity index (χ0) is 20.7. The van der Waals surface area contributed by atoms with Crippen molar-refractivity contribution in [3.05, 3.63) is 89.6 Å². The van der Waals surface area contributed by atoms with E-state index in [1.165, 1.54) is 11.3 Å². The fourth-order valence-electron chi connectivity index (χ4n) is 3.60. The minimum Gasteiger partial charge on any atom is -0.365 e. The Labute approximate surface area is 177 Å². The van der Waals surface area contributed by atoms with Crippen LogP contribution in [0.1, 0.15) is 15.4 Å². The first kappa shape index (κ1) is 18.3. The maximum absolute atomic E-state index is 12.1. The average Bonchev–Trinajstić information content (AvgIpc) is 3.35. The molecule has 3 heterocycles. The zero-order valence-corrected chi connectivity index (χ0v) is 17.1. The van der Waals surface area contributed by atoms with Gasteiger partial charge in [0, 0.05) is 11.8 Å². The minimum atomic E-state index is -0.478. The average molecular weight is 411 g/mol. The molecule has 0 aliphatic rings. The summed E-state index contributed by atoms with van der Waals surface area (Å²) in [7, 11) is 0. The van der Waals surface area contributed by atoms with E-state index in [1.54, 1.807) is 0 Å². The molecule has 1 amide bonds. The molecule has 0 saturated carbocycles. The van der Waals surface area contributed by atoms with Crippen LogP contribution in [0.15, 0.2) is 79.0 Å². The molecule has 0 bridgehead atoms. The number of aromatic nitrogens is 3. The van der Waals surface area contributed by atoms with E-state index >= 15 is 0 Å². The highest BCUT2D eigenvalue weighted by Gasteiger charge is 2.22. The second-order valence-electron chi connectivity index (χ2n) is 6.98. The molecule has 5 aromatic rings. The largest absolute Gasteiger partial charge is 0.365 e. The monoisotopic (exact) mass is 410 g/mol. The number of primary amides is 1. The van der Waals surface area contributed by atoms with Crippen molar-refractivity contribution in [2.24, 2.45) is 5.73 Å². The second-order valence-corrected chi connectivity index (χ2v) is 7.98. The van der Waals surface area contributed by atoms with Crippen molar-refractivity contribution >= 4 is 22.9 Å². The van der Waals surface area contributed by atoms with Crippen molar-refractivity contribution in [2.75, 3.05) is 0 Å². The highest BCUT2D eigenvalue weighted by Crippen LogP contribution is 2.36. The lowest BCUT2D eigenvalue weighted by atomic mass is 10.1. The molecular formula is C24H18N4OS. The maximum Gasteiger partial charge on any atom is 0.261 e. The fourth-order valence-corrected chi connectivity index (χ4v) is 4.64. The molecule has 0 aliphatic heterocycles. The topological polar surface area (TPSA) is 73.3 Å². The molecule has 0 fully saturated rings. The van der Waals surface area contributed by atoms with Crippen molar-refractivity contribution in [1.29, 1.82) is 0 Å². The Hall–Kier alpha value is -3.77. The second kappa shape index (κ2) is 7.24. The van der Waals surface area contributed by atoms with Gasteiger partial charge in [0.15, 0.2) is 0 Å². The van der Waals surface area contributed by atoms with Gasteiger partial charge in [-0.15, -0.1) is 11.3 Å². The van der Waals surface area contributed by atoms with E-state index in [-0.39, 0.29) is 0 Å². The lowest BCUT2D eigenvalue weighted by molar-refractivity contribution is 0.100. The van der Waals surface area contributed by atoms with E-state index in [2.05, 4.69) is 24.4 Å². The molecule has 5 rings (SSSR count). The number of thiazole rings is 1. The predicted molar refractivity (Wildman–Crippen MR) is 120 cm³/mol. The van der Waals surface area contributed by atoms with Crippen LogP contribution in [0.5, 0.6) is 0 Å². The smallest absolute Gasteiger partial charge is 0.261 e. The summed E-state index contributed by atoms with van der Waals surface area (Å²) in [6.45, 7) is 1.96. The van der Waals surface area contributed by atoms with E-state index in [9.17, 15) is 4.79 Å². The van der Waals surface area contributed by atoms with E-state index < -0.39 is 5.91 Å². The van der Waals surface area contributed by atoms with E-state index in [0.717, 1.165) is 38.7 Å². The Morgan fingerprint density at radius 1 is 0.867 bits per heavy atom. The quantitative estimate of drug-likeness (QED) is 0.443. The standard InChI is InChI=1S/C24H18N4OS/c1-15-21(24-27-20(22(30-24)23(25)29)17-10-6-3-7-11-17)28-14-18(12-13-19(28)26-15)16-8-4-2-5-9-16/h2-14H,1H3,(H2,25,29). The molecular weight excluding hydrogens is 392 g/mol. The number of carbonyl (C=O) groups excluding carboxylic acids is 1. The van der Waals surface area contributed by atoms with E-state index in [0.29, 0.717) is 10.6 Å². The van der Waals surface area contributed by atoms with Crippen LogP contribution in [-0.2, 0) is 0 Å². The van der Waals surface area contributed by atoms with Crippen molar-refractivity contribution in [3.8, 4) is 33.1 Å². The van der Waals surface area contributed by atoms with Gasteiger partial charge in [0.2, 0.25) is 0 Å². The van der Waals surface area contributed by atoms with Crippen molar-refractivity contribution in [2.45, 2.75) is 6.92 Å². The molecule has 3 aromatic heterocycles. The molecule has 146 valence electrons. The van der Waals surface area contributed by atoms with Crippen LogP contribution >= 0.6 is 11.3 Å². The normalized spacial score (nSPS) is 11.1. The Morgan fingerprint density at radius 2 is 1.53 bits per heavy atom. The van der Waals surface area contributed by atoms with Gasteiger partial charge in [0.1, 0.15) is 21.2 Å². The number of hydrogen-bond donors (Lipinski definition) is 1. The lowest BCUT2D eigenvalue weighted by Gasteiger charge is -2.05. The number of imidazole rings is 1. The van der Waals surface area contributed by atoms with Crippen LogP contribution in [0.3, 0.4) is 0 Å². The third kappa shape index (κ3) is 3.07. The van der Waals surface area contributed by atoms with Gasteiger partial charge in [-0.05, 0) is 30.2 Å². The molecule has 2 aromatic carbocycles. The molecule has 6 heteroatoms. The molecule has 0 aliphatic carbocycles. The van der Waals surface area contributed by atoms with Crippen LogP contribution in [0, 0.1) is 6.92 Å². The molecule has 2 N–H and O–H groups in total. The van der Waals surface area contributed by atoms with Crippen molar-refractivity contribution < 1.29 is 4.79 Å². The number of hydrogen-bond acceptors (Lipinski definition) is 4. The van der Waals surface area contributed by atoms with Gasteiger partial charge >= 0.3 is 0 Å². The van der Waals surface area contributed by atoms with Crippen LogP contribution in [-0.4, -0.2) is 20.3 Å². The predicted octanol–water partition coefficient (Wildman–Crippen LogP) is 5.20. The highest BCUT2D eigenvalue weighted by atomic mass is 32.1. The molecule has 0 unspecified atom stereocenters. The van der Waals surface area contributed by atoms with Gasteiger partial charge in [-0.3, -0.25) is 9.20 Å². The Balaban J connectivity index is 1.71. The SMILES string of the molecule is Cc1nc2ccc(-c3ccccc3)cn2c1-c1nc(-c2ccccc2)c(C(N)=O)s1. The number of nitrogens with zero attached hydrogens (tertiary/aromatic N) is 3. The molecule has 0 atom stereocenters. The third-order valence-corrected chi connectivity index (χ3v) is 6.08.